The van der Waals surface area contributed by atoms with E-state index in [1.165, 1.54) is 13.0 Å². The predicted octanol–water partition coefficient (Wildman–Crippen LogP) is -0.0915. The van der Waals surface area contributed by atoms with Gasteiger partial charge in [0.25, 0.3) is 0 Å². The van der Waals surface area contributed by atoms with Gasteiger partial charge in [-0.1, -0.05) is 6.92 Å². The van der Waals surface area contributed by atoms with Crippen molar-refractivity contribution < 1.29 is 5.11 Å². The number of rotatable bonds is 3. The Morgan fingerprint density at radius 2 is 2.25 bits per heavy atom. The molecule has 0 amide bonds. The Morgan fingerprint density at radius 1 is 1.50 bits per heavy atom. The molecule has 0 aliphatic carbocycles. The molecular formula is C9H20N2O. The molecule has 0 bridgehead atoms. The maximum absolute atomic E-state index is 8.65. The lowest BCUT2D eigenvalue weighted by atomic mass is 9.96. The van der Waals surface area contributed by atoms with Crippen molar-refractivity contribution in [2.45, 2.75) is 19.4 Å². The van der Waals surface area contributed by atoms with E-state index in [2.05, 4.69) is 24.2 Å². The Morgan fingerprint density at radius 3 is 2.83 bits per heavy atom. The largest absolute Gasteiger partial charge is 0.395 e. The van der Waals surface area contributed by atoms with Gasteiger partial charge in [0.1, 0.15) is 0 Å². The Labute approximate surface area is 74.8 Å². The third kappa shape index (κ3) is 3.09. The first-order valence-corrected chi connectivity index (χ1v) is 4.75. The molecule has 0 spiro atoms. The van der Waals surface area contributed by atoms with Gasteiger partial charge in [0.2, 0.25) is 0 Å². The van der Waals surface area contributed by atoms with E-state index < -0.39 is 0 Å². The number of likely N-dealkylation sites (tertiary alicyclic amines) is 1. The first-order chi connectivity index (χ1) is 5.72. The van der Waals surface area contributed by atoms with Crippen molar-refractivity contribution in [3.05, 3.63) is 0 Å². The third-order valence-corrected chi connectivity index (χ3v) is 2.39. The molecule has 1 aliphatic heterocycles. The monoisotopic (exact) mass is 172 g/mol. The molecule has 3 heteroatoms. The summed E-state index contributed by atoms with van der Waals surface area (Å²) in [7, 11) is 2.16. The molecule has 1 saturated heterocycles. The van der Waals surface area contributed by atoms with Crippen molar-refractivity contribution in [3.8, 4) is 0 Å². The second-order valence-electron chi connectivity index (χ2n) is 3.94. The first kappa shape index (κ1) is 9.96. The fraction of sp³-hybridized carbons (Fsp3) is 1.00. The van der Waals surface area contributed by atoms with E-state index in [1.54, 1.807) is 0 Å². The lowest BCUT2D eigenvalue weighted by Gasteiger charge is -2.34. The molecule has 72 valence electrons. The summed E-state index contributed by atoms with van der Waals surface area (Å²) in [5.74, 6) is 0.778. The summed E-state index contributed by atoms with van der Waals surface area (Å²) in [5.41, 5.74) is 0. The van der Waals surface area contributed by atoms with E-state index in [1.807, 2.05) is 0 Å². The van der Waals surface area contributed by atoms with Gasteiger partial charge in [-0.2, -0.15) is 0 Å². The molecule has 0 aromatic rings. The first-order valence-electron chi connectivity index (χ1n) is 4.75. The molecule has 0 saturated carbocycles. The zero-order valence-corrected chi connectivity index (χ0v) is 8.08. The van der Waals surface area contributed by atoms with E-state index >= 15 is 0 Å². The number of hydrogen-bond donors (Lipinski definition) is 2. The maximum Gasteiger partial charge on any atom is 0.0556 e. The van der Waals surface area contributed by atoms with Crippen molar-refractivity contribution in [1.29, 1.82) is 0 Å². The highest BCUT2D eigenvalue weighted by Gasteiger charge is 2.21. The van der Waals surface area contributed by atoms with Crippen LogP contribution in [0.2, 0.25) is 0 Å². The molecular weight excluding hydrogens is 152 g/mol. The highest BCUT2D eigenvalue weighted by atomic mass is 16.3. The molecule has 1 heterocycles. The molecule has 2 unspecified atom stereocenters. The highest BCUT2D eigenvalue weighted by molar-refractivity contribution is 4.79. The van der Waals surface area contributed by atoms with Crippen LogP contribution in [0.1, 0.15) is 13.3 Å². The van der Waals surface area contributed by atoms with E-state index in [-0.39, 0.29) is 6.61 Å². The number of aliphatic hydroxyl groups is 1. The van der Waals surface area contributed by atoms with Crippen LogP contribution < -0.4 is 5.32 Å². The number of nitrogens with one attached hydrogen (secondary N) is 1. The lowest BCUT2D eigenvalue weighted by molar-refractivity contribution is 0.172. The van der Waals surface area contributed by atoms with Crippen molar-refractivity contribution in [3.63, 3.8) is 0 Å². The van der Waals surface area contributed by atoms with Crippen LogP contribution in [0, 0.1) is 5.92 Å². The van der Waals surface area contributed by atoms with Gasteiger partial charge in [0.05, 0.1) is 6.61 Å². The average Bonchev–Trinajstić information content (AvgIpc) is 1.99. The SMILES string of the molecule is CC1CC(NCCO)CN(C)C1. The van der Waals surface area contributed by atoms with E-state index in [0.29, 0.717) is 6.04 Å². The summed E-state index contributed by atoms with van der Waals surface area (Å²) in [5, 5.41) is 12.0. The summed E-state index contributed by atoms with van der Waals surface area (Å²) in [6, 6.07) is 0.575. The molecule has 0 radical (unpaired) electrons. The van der Waals surface area contributed by atoms with Gasteiger partial charge in [-0.25, -0.2) is 0 Å². The Balaban J connectivity index is 2.24. The number of piperidine rings is 1. The Kier molecular flexibility index (Phi) is 3.98. The summed E-state index contributed by atoms with van der Waals surface area (Å²) in [6.07, 6.45) is 1.24. The molecule has 0 aromatic carbocycles. The second kappa shape index (κ2) is 4.80. The number of aliphatic hydroxyl groups excluding tert-OH is 1. The van der Waals surface area contributed by atoms with Gasteiger partial charge in [0.15, 0.2) is 0 Å². The normalized spacial score (nSPS) is 32.2. The minimum Gasteiger partial charge on any atom is -0.395 e. The topological polar surface area (TPSA) is 35.5 Å². The zero-order chi connectivity index (χ0) is 8.97. The molecule has 2 atom stereocenters. The number of nitrogens with zero attached hydrogens (tertiary/aromatic N) is 1. The van der Waals surface area contributed by atoms with Gasteiger partial charge in [0, 0.05) is 25.7 Å². The van der Waals surface area contributed by atoms with Crippen LogP contribution in [0.4, 0.5) is 0 Å². The van der Waals surface area contributed by atoms with Gasteiger partial charge in [-0.15, -0.1) is 0 Å². The van der Waals surface area contributed by atoms with Crippen molar-refractivity contribution in [1.82, 2.24) is 10.2 Å². The van der Waals surface area contributed by atoms with Crippen molar-refractivity contribution >= 4 is 0 Å². The van der Waals surface area contributed by atoms with Crippen LogP contribution in [0.15, 0.2) is 0 Å². The average molecular weight is 172 g/mol. The van der Waals surface area contributed by atoms with Crippen LogP contribution in [0.5, 0.6) is 0 Å². The van der Waals surface area contributed by atoms with Crippen LogP contribution in [-0.2, 0) is 0 Å². The van der Waals surface area contributed by atoms with Crippen LogP contribution in [-0.4, -0.2) is 49.3 Å². The molecule has 1 rings (SSSR count). The summed E-state index contributed by atoms with van der Waals surface area (Å²) in [4.78, 5) is 2.35. The standard InChI is InChI=1S/C9H20N2O/c1-8-5-9(10-3-4-12)7-11(2)6-8/h8-10,12H,3-7H2,1-2H3. The quantitative estimate of drug-likeness (QED) is 0.624. The molecule has 1 aliphatic rings. The van der Waals surface area contributed by atoms with E-state index in [0.717, 1.165) is 19.0 Å². The summed E-state index contributed by atoms with van der Waals surface area (Å²) >= 11 is 0. The van der Waals surface area contributed by atoms with Crippen molar-refractivity contribution in [2.75, 3.05) is 33.3 Å². The van der Waals surface area contributed by atoms with Gasteiger partial charge in [-0.05, 0) is 19.4 Å². The van der Waals surface area contributed by atoms with Crippen LogP contribution >= 0.6 is 0 Å². The number of likely N-dealkylation sites (N-methyl/N-ethyl adjacent to an activating group) is 1. The zero-order valence-electron chi connectivity index (χ0n) is 8.08. The molecule has 0 aromatic heterocycles. The van der Waals surface area contributed by atoms with Crippen molar-refractivity contribution in [2.24, 2.45) is 5.92 Å². The minimum atomic E-state index is 0.245. The lowest BCUT2D eigenvalue weighted by Crippen LogP contribution is -2.47. The fourth-order valence-electron chi connectivity index (χ4n) is 2.03. The maximum atomic E-state index is 8.65. The third-order valence-electron chi connectivity index (χ3n) is 2.39. The fourth-order valence-corrected chi connectivity index (χ4v) is 2.03. The van der Waals surface area contributed by atoms with Gasteiger partial charge < -0.3 is 15.3 Å². The predicted molar refractivity (Wildman–Crippen MR) is 50.2 cm³/mol. The van der Waals surface area contributed by atoms with E-state index in [4.69, 9.17) is 5.11 Å². The highest BCUT2D eigenvalue weighted by Crippen LogP contribution is 2.14. The molecule has 1 fully saturated rings. The molecule has 2 N–H and O–H groups in total. The van der Waals surface area contributed by atoms with Gasteiger partial charge >= 0.3 is 0 Å². The summed E-state index contributed by atoms with van der Waals surface area (Å²) in [6.45, 7) is 5.57. The summed E-state index contributed by atoms with van der Waals surface area (Å²) < 4.78 is 0. The molecule has 12 heavy (non-hydrogen) atoms. The number of hydrogen-bond acceptors (Lipinski definition) is 3. The van der Waals surface area contributed by atoms with Gasteiger partial charge in [-0.3, -0.25) is 0 Å². The van der Waals surface area contributed by atoms with Crippen LogP contribution in [0.3, 0.4) is 0 Å². The van der Waals surface area contributed by atoms with Crippen LogP contribution in [0.25, 0.3) is 0 Å². The molecule has 3 nitrogen and oxygen atoms in total. The smallest absolute Gasteiger partial charge is 0.0556 e. The minimum absolute atomic E-state index is 0.245. The Bertz CT molecular complexity index is 120. The second-order valence-corrected chi connectivity index (χ2v) is 3.94. The Hall–Kier alpha value is -0.120. The van der Waals surface area contributed by atoms with E-state index in [9.17, 15) is 0 Å².